The molecule has 0 aromatic carbocycles. The molecule has 0 aromatic rings. The first-order valence-corrected chi connectivity index (χ1v) is 22.1. The van der Waals surface area contributed by atoms with E-state index in [1.165, 1.54) is 257 Å². The molecule has 0 bridgehead atoms. The van der Waals surface area contributed by atoms with E-state index < -0.39 is 0 Å². The SMILES string of the molecule is CC=CCCCCCCCCCCCCCCCCCCCCCCCCCCCCCCCCCCCCCCCCC=CC. The van der Waals surface area contributed by atoms with Crippen molar-refractivity contribution in [1.29, 1.82) is 0 Å². The molecule has 0 aliphatic rings. The zero-order valence-corrected chi connectivity index (χ0v) is 32.6. The molecule has 0 radical (unpaired) electrons. The smallest absolute Gasteiger partial charge is 0.0351 e. The fourth-order valence-electron chi connectivity index (χ4n) is 7.22. The Balaban J connectivity index is 3.04. The van der Waals surface area contributed by atoms with Crippen molar-refractivity contribution in [3.63, 3.8) is 0 Å². The van der Waals surface area contributed by atoms with Crippen LogP contribution in [0.3, 0.4) is 0 Å². The predicted molar refractivity (Wildman–Crippen MR) is 214 cm³/mol. The summed E-state index contributed by atoms with van der Waals surface area (Å²) in [5.74, 6) is 0. The minimum atomic E-state index is 1.29. The third-order valence-electron chi connectivity index (χ3n) is 10.5. The maximum Gasteiger partial charge on any atom is -0.0351 e. The second-order valence-corrected chi connectivity index (χ2v) is 15.2. The Morgan fingerprint density at radius 1 is 0.174 bits per heavy atom. The Hall–Kier alpha value is -0.520. The number of allylic oxidation sites excluding steroid dienone is 4. The van der Waals surface area contributed by atoms with Crippen LogP contribution in [-0.2, 0) is 0 Å². The van der Waals surface area contributed by atoms with E-state index in [1.54, 1.807) is 0 Å². The van der Waals surface area contributed by atoms with E-state index in [0.29, 0.717) is 0 Å². The normalized spacial score (nSPS) is 12.0. The van der Waals surface area contributed by atoms with Crippen molar-refractivity contribution in [1.82, 2.24) is 0 Å². The van der Waals surface area contributed by atoms with Gasteiger partial charge in [-0.05, 0) is 39.5 Å². The summed E-state index contributed by atoms with van der Waals surface area (Å²) in [6, 6.07) is 0. The topological polar surface area (TPSA) is 0 Å². The van der Waals surface area contributed by atoms with E-state index in [4.69, 9.17) is 0 Å². The van der Waals surface area contributed by atoms with Crippen molar-refractivity contribution in [2.24, 2.45) is 0 Å². The summed E-state index contributed by atoms with van der Waals surface area (Å²) in [4.78, 5) is 0. The van der Waals surface area contributed by atoms with Crippen LogP contribution in [0.2, 0.25) is 0 Å². The van der Waals surface area contributed by atoms with Crippen LogP contribution in [0.25, 0.3) is 0 Å². The summed E-state index contributed by atoms with van der Waals surface area (Å²) < 4.78 is 0. The molecule has 0 spiro atoms. The van der Waals surface area contributed by atoms with Crippen molar-refractivity contribution in [3.8, 4) is 0 Å². The van der Waals surface area contributed by atoms with E-state index in [1.807, 2.05) is 0 Å². The molecule has 0 rings (SSSR count). The van der Waals surface area contributed by atoms with E-state index in [9.17, 15) is 0 Å². The van der Waals surface area contributed by atoms with Crippen LogP contribution in [0.5, 0.6) is 0 Å². The van der Waals surface area contributed by atoms with Crippen LogP contribution in [0, 0.1) is 0 Å². The van der Waals surface area contributed by atoms with Crippen molar-refractivity contribution in [3.05, 3.63) is 24.3 Å². The van der Waals surface area contributed by atoms with Gasteiger partial charge in [-0.15, -0.1) is 0 Å². The molecule has 0 amide bonds. The van der Waals surface area contributed by atoms with Crippen LogP contribution in [0.4, 0.5) is 0 Å². The Morgan fingerprint density at radius 3 is 0.391 bits per heavy atom. The van der Waals surface area contributed by atoms with Gasteiger partial charge in [0.05, 0.1) is 0 Å². The molecule has 0 fully saturated rings. The van der Waals surface area contributed by atoms with Crippen LogP contribution < -0.4 is 0 Å². The highest BCUT2D eigenvalue weighted by molar-refractivity contribution is 4.76. The largest absolute Gasteiger partial charge is 0.0917 e. The van der Waals surface area contributed by atoms with E-state index in [-0.39, 0.29) is 0 Å². The highest BCUT2D eigenvalue weighted by Crippen LogP contribution is 2.17. The Labute approximate surface area is 294 Å². The second-order valence-electron chi connectivity index (χ2n) is 15.2. The monoisotopic (exact) mass is 643 g/mol. The molecule has 0 aliphatic heterocycles. The van der Waals surface area contributed by atoms with Crippen LogP contribution in [0.15, 0.2) is 24.3 Å². The molecule has 46 heavy (non-hydrogen) atoms. The van der Waals surface area contributed by atoms with Crippen molar-refractivity contribution in [2.75, 3.05) is 0 Å². The standard InChI is InChI=1S/C46H90/c1-3-5-7-9-11-13-15-17-19-21-23-25-27-29-31-33-35-37-39-41-43-45-46-44-42-40-38-36-34-32-30-28-26-24-22-20-18-16-14-12-10-8-6-4-2/h3-6H,7-46H2,1-2H3. The van der Waals surface area contributed by atoms with Gasteiger partial charge in [-0.3, -0.25) is 0 Å². The highest BCUT2D eigenvalue weighted by Gasteiger charge is 1.98. The molecular formula is C46H90. The third kappa shape index (κ3) is 43.5. The van der Waals surface area contributed by atoms with Crippen molar-refractivity contribution >= 4 is 0 Å². The minimum Gasteiger partial charge on any atom is -0.0917 e. The quantitative estimate of drug-likeness (QED) is 0.0460. The fraction of sp³-hybridized carbons (Fsp3) is 0.913. The summed E-state index contributed by atoms with van der Waals surface area (Å²) in [5.41, 5.74) is 0. The molecule has 0 nitrogen and oxygen atoms in total. The molecule has 0 unspecified atom stereocenters. The van der Waals surface area contributed by atoms with E-state index >= 15 is 0 Å². The summed E-state index contributed by atoms with van der Waals surface area (Å²) in [6.45, 7) is 4.26. The first kappa shape index (κ1) is 45.5. The summed E-state index contributed by atoms with van der Waals surface area (Å²) in [7, 11) is 0. The van der Waals surface area contributed by atoms with Gasteiger partial charge in [0.1, 0.15) is 0 Å². The first-order valence-electron chi connectivity index (χ1n) is 22.1. The van der Waals surface area contributed by atoms with Gasteiger partial charge in [0.25, 0.3) is 0 Å². The molecule has 0 aliphatic carbocycles. The number of hydrogen-bond acceptors (Lipinski definition) is 0. The lowest BCUT2D eigenvalue weighted by Gasteiger charge is -2.05. The average Bonchev–Trinajstić information content (AvgIpc) is 3.07. The molecule has 0 saturated carbocycles. The molecule has 0 saturated heterocycles. The van der Waals surface area contributed by atoms with E-state index in [0.717, 1.165) is 0 Å². The van der Waals surface area contributed by atoms with Gasteiger partial charge >= 0.3 is 0 Å². The molecule has 0 heteroatoms. The number of hydrogen-bond donors (Lipinski definition) is 0. The summed E-state index contributed by atoms with van der Waals surface area (Å²) in [6.07, 6.45) is 67.7. The molecule has 0 atom stereocenters. The molecule has 0 aromatic heterocycles. The van der Waals surface area contributed by atoms with Gasteiger partial charge in [0.15, 0.2) is 0 Å². The lowest BCUT2D eigenvalue weighted by atomic mass is 10.0. The minimum absolute atomic E-state index is 1.29. The third-order valence-corrected chi connectivity index (χ3v) is 10.5. The van der Waals surface area contributed by atoms with Crippen LogP contribution >= 0.6 is 0 Å². The molecule has 0 heterocycles. The average molecular weight is 643 g/mol. The van der Waals surface area contributed by atoms with Gasteiger partial charge in [0.2, 0.25) is 0 Å². The van der Waals surface area contributed by atoms with E-state index in [2.05, 4.69) is 38.2 Å². The number of unbranched alkanes of at least 4 members (excludes halogenated alkanes) is 39. The predicted octanol–water partition coefficient (Wildman–Crippen LogP) is 17.7. The Bertz CT molecular complexity index is 506. The first-order chi connectivity index (χ1) is 22.9. The molecule has 274 valence electrons. The van der Waals surface area contributed by atoms with Gasteiger partial charge < -0.3 is 0 Å². The highest BCUT2D eigenvalue weighted by atomic mass is 14.0. The van der Waals surface area contributed by atoms with Gasteiger partial charge in [-0.2, -0.15) is 0 Å². The summed E-state index contributed by atoms with van der Waals surface area (Å²) in [5, 5.41) is 0. The lowest BCUT2D eigenvalue weighted by molar-refractivity contribution is 0.510. The van der Waals surface area contributed by atoms with Gasteiger partial charge in [-0.1, -0.05) is 255 Å². The van der Waals surface area contributed by atoms with Crippen LogP contribution in [0.1, 0.15) is 271 Å². The van der Waals surface area contributed by atoms with Gasteiger partial charge in [0, 0.05) is 0 Å². The zero-order chi connectivity index (χ0) is 33.1. The fourth-order valence-corrected chi connectivity index (χ4v) is 7.22. The van der Waals surface area contributed by atoms with Crippen molar-refractivity contribution in [2.45, 2.75) is 271 Å². The Kier molecular flexibility index (Phi) is 44.0. The maximum absolute atomic E-state index is 2.31. The van der Waals surface area contributed by atoms with Gasteiger partial charge in [-0.25, -0.2) is 0 Å². The molecule has 0 N–H and O–H groups in total. The summed E-state index contributed by atoms with van der Waals surface area (Å²) >= 11 is 0. The maximum atomic E-state index is 2.31. The Morgan fingerprint density at radius 2 is 0.283 bits per heavy atom. The zero-order valence-electron chi connectivity index (χ0n) is 32.6. The van der Waals surface area contributed by atoms with Crippen LogP contribution in [-0.4, -0.2) is 0 Å². The second kappa shape index (κ2) is 44.5. The lowest BCUT2D eigenvalue weighted by Crippen LogP contribution is -1.85. The number of rotatable bonds is 41. The molecular weight excluding hydrogens is 553 g/mol. The van der Waals surface area contributed by atoms with Crippen molar-refractivity contribution < 1.29 is 0 Å².